The average molecular weight is 327 g/mol. The van der Waals surface area contributed by atoms with Crippen molar-refractivity contribution in [2.75, 3.05) is 20.2 Å². The van der Waals surface area contributed by atoms with Gasteiger partial charge in [-0.1, -0.05) is 0 Å². The molecule has 8 heteroatoms. The highest BCUT2D eigenvalue weighted by Crippen LogP contribution is 2.33. The topological polar surface area (TPSA) is 58.6 Å². The number of methoxy groups -OCH3 is 1. The molecule has 5 nitrogen and oxygen atoms in total. The predicted octanol–water partition coefficient (Wildman–Crippen LogP) is 1.55. The minimum Gasteiger partial charge on any atom is -0.494 e. The van der Waals surface area contributed by atoms with Gasteiger partial charge in [0.15, 0.2) is 4.21 Å². The fraction of sp³-hybridized carbons (Fsp3) is 0.636. The average Bonchev–Trinajstić information content (AvgIpc) is 2.81. The monoisotopic (exact) mass is 326 g/mol. The first kappa shape index (κ1) is 16.7. The van der Waals surface area contributed by atoms with Gasteiger partial charge in [-0.05, 0) is 25.3 Å². The van der Waals surface area contributed by atoms with Crippen molar-refractivity contribution in [2.45, 2.75) is 30.1 Å². The van der Waals surface area contributed by atoms with Gasteiger partial charge >= 0.3 is 0 Å². The van der Waals surface area contributed by atoms with E-state index >= 15 is 0 Å². The maximum absolute atomic E-state index is 12.6. The van der Waals surface area contributed by atoms with Crippen LogP contribution in [0, 0.1) is 0 Å². The zero-order chi connectivity index (χ0) is 13.3. The van der Waals surface area contributed by atoms with Gasteiger partial charge in [0.1, 0.15) is 5.75 Å². The van der Waals surface area contributed by atoms with Crippen LogP contribution in [0.15, 0.2) is 15.7 Å². The zero-order valence-corrected chi connectivity index (χ0v) is 13.6. The van der Waals surface area contributed by atoms with Crippen molar-refractivity contribution in [3.63, 3.8) is 0 Å². The summed E-state index contributed by atoms with van der Waals surface area (Å²) >= 11 is 1.20. The number of thiophene rings is 1. The molecular weight excluding hydrogens is 308 g/mol. The number of nitrogens with zero attached hydrogens (tertiary/aromatic N) is 1. The second-order valence-electron chi connectivity index (χ2n) is 4.38. The normalized spacial score (nSPS) is 24.8. The molecule has 1 fully saturated rings. The summed E-state index contributed by atoms with van der Waals surface area (Å²) in [6, 6.07) is 1.78. The molecule has 1 N–H and O–H groups in total. The molecule has 0 aromatic carbocycles. The van der Waals surface area contributed by atoms with Crippen LogP contribution in [0.5, 0.6) is 5.75 Å². The van der Waals surface area contributed by atoms with Crippen LogP contribution < -0.4 is 10.1 Å². The lowest BCUT2D eigenvalue weighted by molar-refractivity contribution is 0.232. The number of hydrogen-bond donors (Lipinski definition) is 1. The molecule has 0 spiro atoms. The number of rotatable bonds is 3. The van der Waals surface area contributed by atoms with E-state index in [1.807, 2.05) is 13.8 Å². The number of sulfonamides is 1. The third kappa shape index (κ3) is 3.05. The van der Waals surface area contributed by atoms with Crippen LogP contribution in [0.1, 0.15) is 13.8 Å². The Morgan fingerprint density at radius 3 is 2.79 bits per heavy atom. The molecule has 0 saturated carbocycles. The molecule has 2 atom stereocenters. The first-order chi connectivity index (χ1) is 8.48. The molecule has 2 unspecified atom stereocenters. The Morgan fingerprint density at radius 2 is 2.16 bits per heavy atom. The molecule has 0 amide bonds. The summed E-state index contributed by atoms with van der Waals surface area (Å²) in [5, 5.41) is 5.01. The summed E-state index contributed by atoms with van der Waals surface area (Å²) in [7, 11) is -1.97. The molecular formula is C11H19ClN2O3S2. The smallest absolute Gasteiger partial charge is 0.256 e. The standard InChI is InChI=1S/C11H18N2O3S2.ClH/c1-8-9(2)13(6-5-12-8)18(14,15)11-10(16-3)4-7-17-11;/h4,7-9,12H,5-6H2,1-3H3;1H. The van der Waals surface area contributed by atoms with Crippen LogP contribution in [0.25, 0.3) is 0 Å². The number of nitrogens with one attached hydrogen (secondary N) is 1. The summed E-state index contributed by atoms with van der Waals surface area (Å²) in [5.41, 5.74) is 0. The molecule has 0 radical (unpaired) electrons. The molecule has 2 heterocycles. The van der Waals surface area contributed by atoms with Crippen LogP contribution in [0.2, 0.25) is 0 Å². The molecule has 1 saturated heterocycles. The second-order valence-corrected chi connectivity index (χ2v) is 7.38. The highest BCUT2D eigenvalue weighted by Gasteiger charge is 2.36. The molecule has 1 aliphatic heterocycles. The van der Waals surface area contributed by atoms with Crippen LogP contribution in [-0.4, -0.2) is 45.0 Å². The second kappa shape index (κ2) is 6.41. The summed E-state index contributed by atoms with van der Waals surface area (Å²) in [4.78, 5) is 0. The number of ether oxygens (including phenoxy) is 1. The SMILES string of the molecule is COc1ccsc1S(=O)(=O)N1CCNC(C)C1C.Cl. The van der Waals surface area contributed by atoms with Crippen LogP contribution >= 0.6 is 23.7 Å². The number of piperazine rings is 1. The summed E-state index contributed by atoms with van der Waals surface area (Å²) in [6.07, 6.45) is 0. The van der Waals surface area contributed by atoms with Gasteiger partial charge in [-0.15, -0.1) is 23.7 Å². The molecule has 110 valence electrons. The van der Waals surface area contributed by atoms with E-state index in [0.717, 1.165) is 0 Å². The molecule has 1 aromatic heterocycles. The Kier molecular flexibility index (Phi) is 5.64. The summed E-state index contributed by atoms with van der Waals surface area (Å²) < 4.78 is 32.2. The highest BCUT2D eigenvalue weighted by molar-refractivity contribution is 7.91. The van der Waals surface area contributed by atoms with Gasteiger partial charge in [-0.25, -0.2) is 8.42 Å². The first-order valence-electron chi connectivity index (χ1n) is 5.85. The minimum atomic E-state index is -3.46. The van der Waals surface area contributed by atoms with Crippen LogP contribution in [-0.2, 0) is 10.0 Å². The zero-order valence-electron chi connectivity index (χ0n) is 11.1. The lowest BCUT2D eigenvalue weighted by Crippen LogP contribution is -2.56. The van der Waals surface area contributed by atoms with Crippen molar-refractivity contribution in [2.24, 2.45) is 0 Å². The third-order valence-electron chi connectivity index (χ3n) is 3.33. The molecule has 2 rings (SSSR count). The van der Waals surface area contributed by atoms with Crippen LogP contribution in [0.3, 0.4) is 0 Å². The van der Waals surface area contributed by atoms with Gasteiger partial charge in [-0.2, -0.15) is 4.31 Å². The van der Waals surface area contributed by atoms with Crippen molar-refractivity contribution in [1.29, 1.82) is 0 Å². The Hall–Kier alpha value is -0.340. The Bertz CT molecular complexity index is 518. The summed E-state index contributed by atoms with van der Waals surface area (Å²) in [5.74, 6) is 0.429. The van der Waals surface area contributed by atoms with Crippen molar-refractivity contribution < 1.29 is 13.2 Å². The first-order valence-corrected chi connectivity index (χ1v) is 8.17. The maximum Gasteiger partial charge on any atom is 0.256 e. The van der Waals surface area contributed by atoms with Gasteiger partial charge in [-0.3, -0.25) is 0 Å². The van der Waals surface area contributed by atoms with Crippen molar-refractivity contribution in [3.05, 3.63) is 11.4 Å². The minimum absolute atomic E-state index is 0. The van der Waals surface area contributed by atoms with Crippen molar-refractivity contribution in [3.8, 4) is 5.75 Å². The van der Waals surface area contributed by atoms with Crippen LogP contribution in [0.4, 0.5) is 0 Å². The predicted molar refractivity (Wildman–Crippen MR) is 78.9 cm³/mol. The Labute approximate surface area is 124 Å². The third-order valence-corrected chi connectivity index (χ3v) is 6.75. The fourth-order valence-electron chi connectivity index (χ4n) is 2.09. The molecule has 1 aromatic rings. The van der Waals surface area contributed by atoms with Gasteiger partial charge in [0.25, 0.3) is 10.0 Å². The Morgan fingerprint density at radius 1 is 1.47 bits per heavy atom. The highest BCUT2D eigenvalue weighted by atomic mass is 35.5. The lowest BCUT2D eigenvalue weighted by atomic mass is 10.1. The number of hydrogen-bond acceptors (Lipinski definition) is 5. The van der Waals surface area contributed by atoms with Gasteiger partial charge in [0.2, 0.25) is 0 Å². The van der Waals surface area contributed by atoms with E-state index in [1.54, 1.807) is 15.8 Å². The van der Waals surface area contributed by atoms with Crippen molar-refractivity contribution >= 4 is 33.8 Å². The van der Waals surface area contributed by atoms with Crippen molar-refractivity contribution in [1.82, 2.24) is 9.62 Å². The van der Waals surface area contributed by atoms with Gasteiger partial charge < -0.3 is 10.1 Å². The fourth-order valence-corrected chi connectivity index (χ4v) is 5.19. The van der Waals surface area contributed by atoms with E-state index in [4.69, 9.17) is 4.74 Å². The van der Waals surface area contributed by atoms with Gasteiger partial charge in [0.05, 0.1) is 7.11 Å². The quantitative estimate of drug-likeness (QED) is 0.915. The maximum atomic E-state index is 12.6. The van der Waals surface area contributed by atoms with E-state index < -0.39 is 10.0 Å². The van der Waals surface area contributed by atoms with E-state index in [1.165, 1.54) is 18.4 Å². The van der Waals surface area contributed by atoms with Gasteiger partial charge in [0, 0.05) is 25.2 Å². The Balaban J connectivity index is 0.00000180. The van der Waals surface area contributed by atoms with E-state index in [2.05, 4.69) is 5.32 Å². The molecule has 0 aliphatic carbocycles. The van der Waals surface area contributed by atoms with E-state index in [-0.39, 0.29) is 24.5 Å². The molecule has 0 bridgehead atoms. The molecule has 19 heavy (non-hydrogen) atoms. The van der Waals surface area contributed by atoms with E-state index in [0.29, 0.717) is 23.0 Å². The largest absolute Gasteiger partial charge is 0.494 e. The summed E-state index contributed by atoms with van der Waals surface area (Å²) in [6.45, 7) is 5.10. The van der Waals surface area contributed by atoms with E-state index in [9.17, 15) is 8.42 Å². The molecule has 1 aliphatic rings. The number of halogens is 1. The lowest BCUT2D eigenvalue weighted by Gasteiger charge is -2.37.